The molecular formula is C12H17NO2. The van der Waals surface area contributed by atoms with Crippen molar-refractivity contribution in [2.75, 3.05) is 7.05 Å². The molecule has 0 saturated heterocycles. The van der Waals surface area contributed by atoms with Crippen molar-refractivity contribution in [3.05, 3.63) is 24.3 Å². The summed E-state index contributed by atoms with van der Waals surface area (Å²) in [6.45, 7) is 2.16. The zero-order valence-corrected chi connectivity index (χ0v) is 9.19. The van der Waals surface area contributed by atoms with Crippen molar-refractivity contribution in [1.82, 2.24) is 5.32 Å². The Kier molecular flexibility index (Phi) is 3.11. The Hall–Kier alpha value is -1.22. The highest BCUT2D eigenvalue weighted by Gasteiger charge is 2.25. The third-order valence-electron chi connectivity index (χ3n) is 2.74. The molecule has 0 aromatic heterocycles. The first-order valence-corrected chi connectivity index (χ1v) is 5.43. The van der Waals surface area contributed by atoms with E-state index in [-0.39, 0.29) is 6.29 Å². The van der Waals surface area contributed by atoms with Crippen LogP contribution in [0.25, 0.3) is 0 Å². The highest BCUT2D eigenvalue weighted by atomic mass is 16.7. The molecule has 0 amide bonds. The molecule has 0 bridgehead atoms. The predicted molar refractivity (Wildman–Crippen MR) is 59.2 cm³/mol. The standard InChI is InChI=1S/C12H17NO2/c1-3-9(13-2)8-12-14-10-6-4-5-7-11(10)15-12/h4-7,9,12-13H,3,8H2,1-2H3. The number of rotatable bonds is 4. The molecule has 82 valence electrons. The summed E-state index contributed by atoms with van der Waals surface area (Å²) in [7, 11) is 1.97. The van der Waals surface area contributed by atoms with Gasteiger partial charge in [-0.15, -0.1) is 0 Å². The summed E-state index contributed by atoms with van der Waals surface area (Å²) in [6.07, 6.45) is 1.82. The van der Waals surface area contributed by atoms with Gasteiger partial charge >= 0.3 is 0 Å². The molecule has 1 heterocycles. The summed E-state index contributed by atoms with van der Waals surface area (Å²) in [4.78, 5) is 0. The maximum absolute atomic E-state index is 5.68. The molecule has 0 radical (unpaired) electrons. The largest absolute Gasteiger partial charge is 0.451 e. The number of fused-ring (bicyclic) bond motifs is 1. The van der Waals surface area contributed by atoms with E-state index in [2.05, 4.69) is 12.2 Å². The van der Waals surface area contributed by atoms with Gasteiger partial charge in [-0.05, 0) is 25.6 Å². The van der Waals surface area contributed by atoms with Gasteiger partial charge in [-0.3, -0.25) is 0 Å². The van der Waals surface area contributed by atoms with E-state index in [9.17, 15) is 0 Å². The van der Waals surface area contributed by atoms with E-state index in [0.29, 0.717) is 6.04 Å². The lowest BCUT2D eigenvalue weighted by Crippen LogP contribution is -2.32. The summed E-state index contributed by atoms with van der Waals surface area (Å²) >= 11 is 0. The molecule has 3 nitrogen and oxygen atoms in total. The Labute approximate surface area is 90.4 Å². The van der Waals surface area contributed by atoms with Gasteiger partial charge in [0.15, 0.2) is 11.5 Å². The Morgan fingerprint density at radius 2 is 1.87 bits per heavy atom. The van der Waals surface area contributed by atoms with E-state index in [0.717, 1.165) is 24.3 Å². The number of hydrogen-bond donors (Lipinski definition) is 1. The van der Waals surface area contributed by atoms with Crippen LogP contribution in [0.3, 0.4) is 0 Å². The third-order valence-corrected chi connectivity index (χ3v) is 2.74. The van der Waals surface area contributed by atoms with Crippen LogP contribution in [0.4, 0.5) is 0 Å². The molecule has 1 aliphatic heterocycles. The van der Waals surface area contributed by atoms with Crippen LogP contribution in [0.15, 0.2) is 24.3 Å². The molecular weight excluding hydrogens is 190 g/mol. The number of benzene rings is 1. The summed E-state index contributed by atoms with van der Waals surface area (Å²) in [5, 5.41) is 3.25. The van der Waals surface area contributed by atoms with Gasteiger partial charge in [-0.2, -0.15) is 0 Å². The first-order valence-electron chi connectivity index (χ1n) is 5.43. The van der Waals surface area contributed by atoms with Crippen LogP contribution in [0.2, 0.25) is 0 Å². The molecule has 1 N–H and O–H groups in total. The van der Waals surface area contributed by atoms with Gasteiger partial charge in [0, 0.05) is 12.5 Å². The van der Waals surface area contributed by atoms with Gasteiger partial charge in [-0.25, -0.2) is 0 Å². The Bertz CT molecular complexity index is 298. The first kappa shape index (κ1) is 10.3. The lowest BCUT2D eigenvalue weighted by atomic mass is 10.1. The molecule has 0 spiro atoms. The van der Waals surface area contributed by atoms with E-state index in [4.69, 9.17) is 9.47 Å². The molecule has 15 heavy (non-hydrogen) atoms. The number of hydrogen-bond acceptors (Lipinski definition) is 3. The van der Waals surface area contributed by atoms with Gasteiger partial charge in [0.2, 0.25) is 6.29 Å². The maximum Gasteiger partial charge on any atom is 0.243 e. The number of para-hydroxylation sites is 2. The molecule has 0 fully saturated rings. The van der Waals surface area contributed by atoms with Crippen LogP contribution in [0.1, 0.15) is 19.8 Å². The smallest absolute Gasteiger partial charge is 0.243 e. The van der Waals surface area contributed by atoms with E-state index < -0.39 is 0 Å². The monoisotopic (exact) mass is 207 g/mol. The second-order valence-electron chi connectivity index (χ2n) is 3.74. The van der Waals surface area contributed by atoms with Gasteiger partial charge in [0.1, 0.15) is 0 Å². The summed E-state index contributed by atoms with van der Waals surface area (Å²) in [6, 6.07) is 8.25. The Balaban J connectivity index is 1.95. The average molecular weight is 207 g/mol. The maximum atomic E-state index is 5.68. The predicted octanol–water partition coefficient (Wildman–Crippen LogP) is 2.17. The van der Waals surface area contributed by atoms with Crippen LogP contribution >= 0.6 is 0 Å². The van der Waals surface area contributed by atoms with Crippen molar-refractivity contribution in [3.8, 4) is 11.5 Å². The van der Waals surface area contributed by atoms with Crippen molar-refractivity contribution in [3.63, 3.8) is 0 Å². The molecule has 1 aromatic rings. The molecule has 2 rings (SSSR count). The molecule has 1 aliphatic rings. The van der Waals surface area contributed by atoms with Crippen LogP contribution in [-0.2, 0) is 0 Å². The zero-order chi connectivity index (χ0) is 10.7. The van der Waals surface area contributed by atoms with Crippen molar-refractivity contribution >= 4 is 0 Å². The third kappa shape index (κ3) is 2.23. The second kappa shape index (κ2) is 4.53. The Morgan fingerprint density at radius 3 is 2.33 bits per heavy atom. The number of ether oxygens (including phenoxy) is 2. The van der Waals surface area contributed by atoms with Gasteiger partial charge in [0.25, 0.3) is 0 Å². The Morgan fingerprint density at radius 1 is 1.27 bits per heavy atom. The fourth-order valence-electron chi connectivity index (χ4n) is 1.77. The minimum atomic E-state index is -0.139. The summed E-state index contributed by atoms with van der Waals surface area (Å²) < 4.78 is 11.4. The normalized spacial score (nSPS) is 16.7. The van der Waals surface area contributed by atoms with E-state index in [1.54, 1.807) is 0 Å². The van der Waals surface area contributed by atoms with Crippen molar-refractivity contribution in [2.24, 2.45) is 0 Å². The van der Waals surface area contributed by atoms with Crippen molar-refractivity contribution in [2.45, 2.75) is 32.1 Å². The second-order valence-corrected chi connectivity index (χ2v) is 3.74. The van der Waals surface area contributed by atoms with Gasteiger partial charge in [-0.1, -0.05) is 19.1 Å². The zero-order valence-electron chi connectivity index (χ0n) is 9.19. The van der Waals surface area contributed by atoms with Gasteiger partial charge < -0.3 is 14.8 Å². The highest BCUT2D eigenvalue weighted by Crippen LogP contribution is 2.35. The van der Waals surface area contributed by atoms with E-state index in [1.807, 2.05) is 31.3 Å². The van der Waals surface area contributed by atoms with Crippen molar-refractivity contribution in [1.29, 1.82) is 0 Å². The SMILES string of the molecule is CCC(CC1Oc2ccccc2O1)NC. The lowest BCUT2D eigenvalue weighted by Gasteiger charge is -2.17. The topological polar surface area (TPSA) is 30.5 Å². The summed E-state index contributed by atoms with van der Waals surface area (Å²) in [5.74, 6) is 1.71. The van der Waals surface area contributed by atoms with E-state index in [1.165, 1.54) is 0 Å². The average Bonchev–Trinajstić information content (AvgIpc) is 2.68. The molecule has 0 saturated carbocycles. The minimum absolute atomic E-state index is 0.139. The lowest BCUT2D eigenvalue weighted by molar-refractivity contribution is 0.0328. The van der Waals surface area contributed by atoms with Crippen molar-refractivity contribution < 1.29 is 9.47 Å². The quantitative estimate of drug-likeness (QED) is 0.820. The summed E-state index contributed by atoms with van der Waals surface area (Å²) in [5.41, 5.74) is 0. The minimum Gasteiger partial charge on any atom is -0.451 e. The molecule has 1 aromatic carbocycles. The van der Waals surface area contributed by atoms with E-state index >= 15 is 0 Å². The van der Waals surface area contributed by atoms with Crippen LogP contribution < -0.4 is 14.8 Å². The first-order chi connectivity index (χ1) is 7.33. The molecule has 1 atom stereocenters. The molecule has 1 unspecified atom stereocenters. The van der Waals surface area contributed by atoms with Crippen LogP contribution in [0, 0.1) is 0 Å². The van der Waals surface area contributed by atoms with Crippen LogP contribution in [0.5, 0.6) is 11.5 Å². The fraction of sp³-hybridized carbons (Fsp3) is 0.500. The highest BCUT2D eigenvalue weighted by molar-refractivity contribution is 5.41. The molecule has 0 aliphatic carbocycles. The van der Waals surface area contributed by atoms with Crippen LogP contribution in [-0.4, -0.2) is 19.4 Å². The molecule has 3 heteroatoms. The fourth-order valence-corrected chi connectivity index (χ4v) is 1.77. The number of nitrogens with one attached hydrogen (secondary N) is 1. The van der Waals surface area contributed by atoms with Gasteiger partial charge in [0.05, 0.1) is 0 Å².